The number of carbonyl (C=O) groups excluding carboxylic acids is 1. The van der Waals surface area contributed by atoms with Gasteiger partial charge in [0.15, 0.2) is 17.3 Å². The minimum atomic E-state index is -0.188. The highest BCUT2D eigenvalue weighted by Crippen LogP contribution is 2.33. The van der Waals surface area contributed by atoms with E-state index in [-0.39, 0.29) is 18.1 Å². The van der Waals surface area contributed by atoms with E-state index in [2.05, 4.69) is 24.3 Å². The number of benzene rings is 1. The van der Waals surface area contributed by atoms with Gasteiger partial charge in [-0.15, -0.1) is 0 Å². The van der Waals surface area contributed by atoms with E-state index in [9.17, 15) is 4.79 Å². The summed E-state index contributed by atoms with van der Waals surface area (Å²) in [6.07, 6.45) is 4.63. The number of amides is 1. The second-order valence-corrected chi connectivity index (χ2v) is 7.21. The molecular formula is C21H28N2O4. The minimum Gasteiger partial charge on any atom is -0.493 e. The van der Waals surface area contributed by atoms with Crippen LogP contribution in [0.15, 0.2) is 40.8 Å². The van der Waals surface area contributed by atoms with Crippen molar-refractivity contribution in [3.8, 4) is 11.5 Å². The predicted octanol–water partition coefficient (Wildman–Crippen LogP) is 3.47. The molecule has 0 bridgehead atoms. The number of nitrogens with zero attached hydrogens (tertiary/aromatic N) is 1. The Morgan fingerprint density at radius 2 is 1.85 bits per heavy atom. The van der Waals surface area contributed by atoms with Crippen LogP contribution in [0.25, 0.3) is 0 Å². The Hall–Kier alpha value is -2.47. The van der Waals surface area contributed by atoms with Crippen molar-refractivity contribution in [2.45, 2.75) is 37.8 Å². The van der Waals surface area contributed by atoms with E-state index in [1.54, 1.807) is 19.2 Å². The second-order valence-electron chi connectivity index (χ2n) is 7.21. The average Bonchev–Trinajstić information content (AvgIpc) is 3.35. The summed E-state index contributed by atoms with van der Waals surface area (Å²) in [6.45, 7) is 0.863. The average molecular weight is 372 g/mol. The molecule has 0 atom stereocenters. The molecule has 27 heavy (non-hydrogen) atoms. The Morgan fingerprint density at radius 3 is 2.52 bits per heavy atom. The van der Waals surface area contributed by atoms with Gasteiger partial charge in [0.1, 0.15) is 12.4 Å². The maximum Gasteiger partial charge on any atom is 0.287 e. The van der Waals surface area contributed by atoms with Crippen LogP contribution in [-0.4, -0.2) is 44.1 Å². The number of nitrogens with one attached hydrogen (secondary N) is 1. The molecule has 6 heteroatoms. The van der Waals surface area contributed by atoms with E-state index in [0.717, 1.165) is 12.8 Å². The van der Waals surface area contributed by atoms with Gasteiger partial charge in [0.2, 0.25) is 0 Å². The summed E-state index contributed by atoms with van der Waals surface area (Å²) in [5, 5.41) is 3.03. The molecule has 0 unspecified atom stereocenters. The van der Waals surface area contributed by atoms with Gasteiger partial charge in [-0.3, -0.25) is 4.79 Å². The summed E-state index contributed by atoms with van der Waals surface area (Å²) < 4.78 is 16.7. The van der Waals surface area contributed by atoms with Crippen molar-refractivity contribution in [3.63, 3.8) is 0 Å². The van der Waals surface area contributed by atoms with Crippen LogP contribution in [0.4, 0.5) is 0 Å². The first kappa shape index (κ1) is 19.3. The largest absolute Gasteiger partial charge is 0.493 e. The molecule has 1 aliphatic carbocycles. The van der Waals surface area contributed by atoms with Gasteiger partial charge in [0, 0.05) is 12.1 Å². The van der Waals surface area contributed by atoms with Crippen LogP contribution < -0.4 is 14.8 Å². The molecule has 0 radical (unpaired) electrons. The van der Waals surface area contributed by atoms with E-state index in [4.69, 9.17) is 13.9 Å². The van der Waals surface area contributed by atoms with Crippen molar-refractivity contribution in [2.75, 3.05) is 27.7 Å². The molecule has 0 spiro atoms. The van der Waals surface area contributed by atoms with Crippen LogP contribution >= 0.6 is 0 Å². The first-order valence-corrected chi connectivity index (χ1v) is 9.34. The molecule has 146 valence electrons. The van der Waals surface area contributed by atoms with E-state index in [0.29, 0.717) is 29.6 Å². The molecule has 1 fully saturated rings. The topological polar surface area (TPSA) is 63.9 Å². The molecule has 0 saturated heterocycles. The number of carbonyl (C=O) groups is 1. The smallest absolute Gasteiger partial charge is 0.287 e. The van der Waals surface area contributed by atoms with Crippen LogP contribution in [-0.2, 0) is 6.61 Å². The third-order valence-electron chi connectivity index (χ3n) is 5.39. The highest BCUT2D eigenvalue weighted by molar-refractivity contribution is 5.91. The lowest BCUT2D eigenvalue weighted by Gasteiger charge is -2.36. The number of hydrogen-bond donors (Lipinski definition) is 1. The molecule has 0 aliphatic heterocycles. The number of ether oxygens (including phenoxy) is 2. The highest BCUT2D eigenvalue weighted by Gasteiger charge is 2.36. The van der Waals surface area contributed by atoms with Gasteiger partial charge < -0.3 is 24.1 Å². The number of furan rings is 1. The first-order chi connectivity index (χ1) is 13.0. The maximum absolute atomic E-state index is 12.5. The monoisotopic (exact) mass is 372 g/mol. The lowest BCUT2D eigenvalue weighted by Crippen LogP contribution is -2.50. The quantitative estimate of drug-likeness (QED) is 0.769. The zero-order chi connectivity index (χ0) is 19.3. The molecule has 2 aromatic rings. The van der Waals surface area contributed by atoms with Crippen molar-refractivity contribution in [1.29, 1.82) is 0 Å². The Bertz CT molecular complexity index is 763. The molecule has 6 nitrogen and oxygen atoms in total. The van der Waals surface area contributed by atoms with E-state index in [1.807, 2.05) is 24.3 Å². The third-order valence-corrected chi connectivity index (χ3v) is 5.39. The second kappa shape index (κ2) is 8.48. The molecule has 3 rings (SSSR count). The minimum absolute atomic E-state index is 0.0536. The molecule has 1 amide bonds. The Labute approximate surface area is 160 Å². The SMILES string of the molecule is COc1ccccc1OCc1ccc(C(=O)NCC2(N(C)C)CCCC2)o1. The molecule has 1 heterocycles. The van der Waals surface area contributed by atoms with Crippen molar-refractivity contribution >= 4 is 5.91 Å². The van der Waals surface area contributed by atoms with Crippen molar-refractivity contribution < 1.29 is 18.7 Å². The number of rotatable bonds is 8. The highest BCUT2D eigenvalue weighted by atomic mass is 16.5. The molecule has 1 saturated carbocycles. The lowest BCUT2D eigenvalue weighted by molar-refractivity contribution is 0.0869. The van der Waals surface area contributed by atoms with Crippen LogP contribution in [0.5, 0.6) is 11.5 Å². The zero-order valence-electron chi connectivity index (χ0n) is 16.3. The molecule has 1 N–H and O–H groups in total. The molecule has 1 aliphatic rings. The van der Waals surface area contributed by atoms with Crippen LogP contribution in [0.3, 0.4) is 0 Å². The molecule has 1 aromatic heterocycles. The van der Waals surface area contributed by atoms with Gasteiger partial charge in [-0.1, -0.05) is 25.0 Å². The van der Waals surface area contributed by atoms with Gasteiger partial charge in [-0.25, -0.2) is 0 Å². The summed E-state index contributed by atoms with van der Waals surface area (Å²) in [5.74, 6) is 2.01. The Morgan fingerprint density at radius 1 is 1.15 bits per heavy atom. The summed E-state index contributed by atoms with van der Waals surface area (Å²) in [6, 6.07) is 10.9. The van der Waals surface area contributed by atoms with Gasteiger partial charge in [-0.05, 0) is 51.2 Å². The van der Waals surface area contributed by atoms with Gasteiger partial charge in [-0.2, -0.15) is 0 Å². The number of methoxy groups -OCH3 is 1. The van der Waals surface area contributed by atoms with Crippen LogP contribution in [0.2, 0.25) is 0 Å². The summed E-state index contributed by atoms with van der Waals surface area (Å²) in [5.41, 5.74) is 0.0536. The number of hydrogen-bond acceptors (Lipinski definition) is 5. The van der Waals surface area contributed by atoms with Crippen molar-refractivity contribution in [1.82, 2.24) is 10.2 Å². The maximum atomic E-state index is 12.5. The third kappa shape index (κ3) is 4.45. The number of para-hydroxylation sites is 2. The first-order valence-electron chi connectivity index (χ1n) is 9.34. The van der Waals surface area contributed by atoms with Crippen molar-refractivity contribution in [2.24, 2.45) is 0 Å². The molecular weight excluding hydrogens is 344 g/mol. The molecule has 1 aromatic carbocycles. The van der Waals surface area contributed by atoms with Gasteiger partial charge >= 0.3 is 0 Å². The van der Waals surface area contributed by atoms with Crippen LogP contribution in [0, 0.1) is 0 Å². The lowest BCUT2D eigenvalue weighted by atomic mass is 9.96. The predicted molar refractivity (Wildman–Crippen MR) is 103 cm³/mol. The fourth-order valence-electron chi connectivity index (χ4n) is 3.61. The Balaban J connectivity index is 1.56. The van der Waals surface area contributed by atoms with Crippen molar-refractivity contribution in [3.05, 3.63) is 47.9 Å². The Kier molecular flexibility index (Phi) is 6.06. The standard InChI is InChI=1S/C21H28N2O4/c1-23(2)21(12-6-7-13-21)15-22-20(24)19-11-10-16(27-19)14-26-18-9-5-4-8-17(18)25-3/h4-5,8-11H,6-7,12-15H2,1-3H3,(H,22,24). The van der Waals surface area contributed by atoms with Gasteiger partial charge in [0.05, 0.1) is 7.11 Å². The summed E-state index contributed by atoms with van der Waals surface area (Å²) in [7, 11) is 5.76. The summed E-state index contributed by atoms with van der Waals surface area (Å²) in [4.78, 5) is 14.7. The van der Waals surface area contributed by atoms with Crippen LogP contribution in [0.1, 0.15) is 42.0 Å². The van der Waals surface area contributed by atoms with Gasteiger partial charge in [0.25, 0.3) is 5.91 Å². The fraction of sp³-hybridized carbons (Fsp3) is 0.476. The normalized spacial score (nSPS) is 15.7. The van der Waals surface area contributed by atoms with E-state index >= 15 is 0 Å². The summed E-state index contributed by atoms with van der Waals surface area (Å²) >= 11 is 0. The number of likely N-dealkylation sites (N-methyl/N-ethyl adjacent to an activating group) is 1. The fourth-order valence-corrected chi connectivity index (χ4v) is 3.61. The zero-order valence-corrected chi connectivity index (χ0v) is 16.3. The van der Waals surface area contributed by atoms with E-state index in [1.165, 1.54) is 12.8 Å². The van der Waals surface area contributed by atoms with E-state index < -0.39 is 0 Å².